The van der Waals surface area contributed by atoms with Gasteiger partial charge in [-0.05, 0) is 46.3 Å². The normalized spacial score (nSPS) is 10.7. The molecule has 2 aromatic heterocycles. The van der Waals surface area contributed by atoms with Crippen molar-refractivity contribution < 1.29 is 8.78 Å². The summed E-state index contributed by atoms with van der Waals surface area (Å²) >= 11 is 18.2. The molecule has 0 aliphatic rings. The topological polar surface area (TPSA) is 25.8 Å². The van der Waals surface area contributed by atoms with Crippen LogP contribution in [-0.2, 0) is 0 Å². The third kappa shape index (κ3) is 4.14. The van der Waals surface area contributed by atoms with Gasteiger partial charge in [-0.1, -0.05) is 39.1 Å². The summed E-state index contributed by atoms with van der Waals surface area (Å²) in [6.45, 7) is 0. The monoisotopic (exact) mass is 518 g/mol. The van der Waals surface area contributed by atoms with Gasteiger partial charge in [0, 0.05) is 32.8 Å². The van der Waals surface area contributed by atoms with Crippen LogP contribution in [0.1, 0.15) is 0 Å². The third-order valence-electron chi connectivity index (χ3n) is 3.41. The largest absolute Gasteiger partial charge is 0.256 e. The van der Waals surface area contributed by atoms with Crippen LogP contribution in [0.15, 0.2) is 57.7 Å². The number of hydrogen-bond acceptors (Lipinski definition) is 2. The lowest BCUT2D eigenvalue weighted by molar-refractivity contribution is 0.628. The zero-order valence-electron chi connectivity index (χ0n) is 12.8. The van der Waals surface area contributed by atoms with Crippen LogP contribution in [-0.4, -0.2) is 9.97 Å². The SMILES string of the molecule is Fc1cc(Br)c2c(Cl)ccnc2c1.Fc1cc(Br)cc2nccc(Cl)c12. The molecular weight excluding hydrogens is 513 g/mol. The zero-order chi connectivity index (χ0) is 18.8. The predicted molar refractivity (Wildman–Crippen MR) is 109 cm³/mol. The van der Waals surface area contributed by atoms with Gasteiger partial charge >= 0.3 is 0 Å². The Labute approximate surface area is 174 Å². The highest BCUT2D eigenvalue weighted by Crippen LogP contribution is 2.30. The molecule has 132 valence electrons. The van der Waals surface area contributed by atoms with Crippen molar-refractivity contribution in [3.8, 4) is 0 Å². The van der Waals surface area contributed by atoms with E-state index in [2.05, 4.69) is 41.8 Å². The van der Waals surface area contributed by atoms with Crippen molar-refractivity contribution in [2.45, 2.75) is 0 Å². The van der Waals surface area contributed by atoms with Gasteiger partial charge in [-0.25, -0.2) is 8.78 Å². The van der Waals surface area contributed by atoms with Crippen molar-refractivity contribution >= 4 is 76.9 Å². The summed E-state index contributed by atoms with van der Waals surface area (Å²) in [5, 5.41) is 2.06. The number of benzene rings is 2. The molecular formula is C18H8Br2Cl2F2N2. The Morgan fingerprint density at radius 1 is 0.769 bits per heavy atom. The standard InChI is InChI=1S/2C9H4BrClFN/c10-6-3-5(12)4-8-9(6)7(11)1-2-13-8;10-5-3-7(12)9-6(11)1-2-13-8(9)4-5/h2*1-4H. The summed E-state index contributed by atoms with van der Waals surface area (Å²) in [4.78, 5) is 8.02. The summed E-state index contributed by atoms with van der Waals surface area (Å²) in [5.41, 5.74) is 1.11. The smallest absolute Gasteiger partial charge is 0.135 e. The maximum absolute atomic E-state index is 13.4. The minimum atomic E-state index is -0.359. The molecule has 0 saturated carbocycles. The van der Waals surface area contributed by atoms with Crippen LogP contribution in [0.3, 0.4) is 0 Å². The summed E-state index contributed by atoms with van der Waals surface area (Å²) in [7, 11) is 0. The molecule has 0 amide bonds. The van der Waals surface area contributed by atoms with Crippen molar-refractivity contribution in [2.75, 3.05) is 0 Å². The lowest BCUT2D eigenvalue weighted by atomic mass is 10.2. The first-order valence-corrected chi connectivity index (χ1v) is 9.49. The number of pyridine rings is 2. The van der Waals surface area contributed by atoms with Gasteiger partial charge in [0.25, 0.3) is 0 Å². The van der Waals surface area contributed by atoms with E-state index < -0.39 is 0 Å². The van der Waals surface area contributed by atoms with Gasteiger partial charge in [0.1, 0.15) is 11.6 Å². The molecule has 0 fully saturated rings. The predicted octanol–water partition coefficient (Wildman–Crippen LogP) is 7.58. The highest BCUT2D eigenvalue weighted by molar-refractivity contribution is 9.11. The Balaban J connectivity index is 0.000000151. The lowest BCUT2D eigenvalue weighted by Crippen LogP contribution is -1.84. The number of fused-ring (bicyclic) bond motifs is 2. The number of aromatic nitrogens is 2. The van der Waals surface area contributed by atoms with E-state index in [1.54, 1.807) is 30.6 Å². The maximum Gasteiger partial charge on any atom is 0.135 e. The molecule has 2 heterocycles. The van der Waals surface area contributed by atoms with Crippen LogP contribution in [0.25, 0.3) is 21.8 Å². The average Bonchev–Trinajstić information content (AvgIpc) is 2.54. The molecule has 0 unspecified atom stereocenters. The van der Waals surface area contributed by atoms with Gasteiger partial charge in [0.15, 0.2) is 0 Å². The maximum atomic E-state index is 13.4. The summed E-state index contributed by atoms with van der Waals surface area (Å²) in [6.07, 6.45) is 3.10. The van der Waals surface area contributed by atoms with E-state index in [0.29, 0.717) is 35.4 Å². The summed E-state index contributed by atoms with van der Waals surface area (Å²) < 4.78 is 27.6. The first kappa shape index (κ1) is 19.4. The van der Waals surface area contributed by atoms with E-state index in [9.17, 15) is 8.78 Å². The molecule has 0 atom stereocenters. The highest BCUT2D eigenvalue weighted by Gasteiger charge is 2.07. The van der Waals surface area contributed by atoms with Crippen molar-refractivity contribution in [3.63, 3.8) is 0 Å². The second-order valence-corrected chi connectivity index (χ2v) is 7.73. The van der Waals surface area contributed by atoms with E-state index in [-0.39, 0.29) is 11.6 Å². The Morgan fingerprint density at radius 3 is 2.00 bits per heavy atom. The Morgan fingerprint density at radius 2 is 1.35 bits per heavy atom. The second-order valence-electron chi connectivity index (χ2n) is 5.15. The molecule has 0 saturated heterocycles. The highest BCUT2D eigenvalue weighted by atomic mass is 79.9. The summed E-state index contributed by atoms with van der Waals surface area (Å²) in [5.74, 6) is -0.684. The molecule has 0 bridgehead atoms. The van der Waals surface area contributed by atoms with Crippen LogP contribution >= 0.6 is 55.1 Å². The van der Waals surface area contributed by atoms with Gasteiger partial charge in [0.2, 0.25) is 0 Å². The zero-order valence-corrected chi connectivity index (χ0v) is 17.5. The van der Waals surface area contributed by atoms with E-state index >= 15 is 0 Å². The molecule has 0 N–H and O–H groups in total. The van der Waals surface area contributed by atoms with Gasteiger partial charge in [-0.3, -0.25) is 9.97 Å². The molecule has 4 aromatic rings. The molecule has 0 radical (unpaired) electrons. The molecule has 26 heavy (non-hydrogen) atoms. The number of halogens is 6. The van der Waals surface area contributed by atoms with E-state index in [4.69, 9.17) is 23.2 Å². The van der Waals surface area contributed by atoms with Gasteiger partial charge in [0.05, 0.1) is 26.5 Å². The van der Waals surface area contributed by atoms with Crippen LogP contribution < -0.4 is 0 Å². The van der Waals surface area contributed by atoms with Crippen LogP contribution in [0.4, 0.5) is 8.78 Å². The van der Waals surface area contributed by atoms with Crippen molar-refractivity contribution in [3.05, 3.63) is 79.4 Å². The van der Waals surface area contributed by atoms with Gasteiger partial charge < -0.3 is 0 Å². The van der Waals surface area contributed by atoms with E-state index in [1.807, 2.05) is 0 Å². The number of rotatable bonds is 0. The Kier molecular flexibility index (Phi) is 6.07. The fourth-order valence-corrected chi connectivity index (χ4v) is 3.99. The van der Waals surface area contributed by atoms with Gasteiger partial charge in [-0.15, -0.1) is 0 Å². The molecule has 2 aromatic carbocycles. The number of hydrogen-bond donors (Lipinski definition) is 0. The Bertz CT molecular complexity index is 1030. The van der Waals surface area contributed by atoms with E-state index in [0.717, 1.165) is 5.39 Å². The molecule has 4 rings (SSSR count). The van der Waals surface area contributed by atoms with Crippen LogP contribution in [0.2, 0.25) is 10.0 Å². The second kappa shape index (κ2) is 8.13. The summed E-state index contributed by atoms with van der Waals surface area (Å²) in [6, 6.07) is 9.06. The fourth-order valence-electron chi connectivity index (χ4n) is 2.33. The van der Waals surface area contributed by atoms with Crippen molar-refractivity contribution in [1.29, 1.82) is 0 Å². The molecule has 8 heteroatoms. The van der Waals surface area contributed by atoms with Gasteiger partial charge in [-0.2, -0.15) is 0 Å². The molecule has 0 spiro atoms. The Hall–Kier alpha value is -1.34. The fraction of sp³-hybridized carbons (Fsp3) is 0. The molecule has 0 aliphatic carbocycles. The first-order chi connectivity index (χ1) is 12.4. The minimum absolute atomic E-state index is 0.325. The quantitative estimate of drug-likeness (QED) is 0.239. The minimum Gasteiger partial charge on any atom is -0.256 e. The van der Waals surface area contributed by atoms with Crippen LogP contribution in [0, 0.1) is 11.6 Å². The lowest BCUT2D eigenvalue weighted by Gasteiger charge is -2.01. The van der Waals surface area contributed by atoms with Crippen LogP contribution in [0.5, 0.6) is 0 Å². The average molecular weight is 521 g/mol. The van der Waals surface area contributed by atoms with Crippen molar-refractivity contribution in [1.82, 2.24) is 9.97 Å². The van der Waals surface area contributed by atoms with E-state index in [1.165, 1.54) is 18.2 Å². The third-order valence-corrected chi connectivity index (χ3v) is 5.13. The number of nitrogens with zero attached hydrogens (tertiary/aromatic N) is 2. The first-order valence-electron chi connectivity index (χ1n) is 7.15. The molecule has 0 aliphatic heterocycles. The van der Waals surface area contributed by atoms with Crippen molar-refractivity contribution in [2.24, 2.45) is 0 Å². The molecule has 2 nitrogen and oxygen atoms in total.